The zero-order valence-corrected chi connectivity index (χ0v) is 17.5. The number of nitriles is 2. The number of anilines is 2. The largest absolute Gasteiger partial charge is 0.464 e. The summed E-state index contributed by atoms with van der Waals surface area (Å²) in [5.74, 6) is 0.0786. The number of benzene rings is 1. The van der Waals surface area contributed by atoms with Gasteiger partial charge in [-0.05, 0) is 56.2 Å². The molecule has 8 heteroatoms. The molecule has 30 heavy (non-hydrogen) atoms. The van der Waals surface area contributed by atoms with Crippen molar-refractivity contribution in [3.05, 3.63) is 58.8 Å². The number of thioether (sulfide) groups is 1. The normalized spacial score (nSPS) is 11.4. The fourth-order valence-corrected chi connectivity index (χ4v) is 3.75. The second-order valence-electron chi connectivity index (χ2n) is 6.68. The van der Waals surface area contributed by atoms with Crippen molar-refractivity contribution in [3.8, 4) is 23.5 Å². The first-order valence-corrected chi connectivity index (χ1v) is 9.96. The number of nitrogen functional groups attached to an aromatic ring is 1. The van der Waals surface area contributed by atoms with Crippen LogP contribution in [0.3, 0.4) is 0 Å². The van der Waals surface area contributed by atoms with Gasteiger partial charge in [0.05, 0.1) is 22.6 Å². The molecule has 7 nitrogen and oxygen atoms in total. The van der Waals surface area contributed by atoms with E-state index < -0.39 is 5.25 Å². The lowest BCUT2D eigenvalue weighted by Gasteiger charge is -2.15. The van der Waals surface area contributed by atoms with Crippen LogP contribution >= 0.6 is 11.8 Å². The Hall–Kier alpha value is -3.75. The predicted molar refractivity (Wildman–Crippen MR) is 116 cm³/mol. The molecular weight excluding hydrogens is 398 g/mol. The molecule has 0 aliphatic heterocycles. The highest BCUT2D eigenvalue weighted by Gasteiger charge is 2.25. The van der Waals surface area contributed by atoms with Gasteiger partial charge in [-0.2, -0.15) is 10.5 Å². The second kappa shape index (κ2) is 8.73. The second-order valence-corrected chi connectivity index (χ2v) is 8.01. The molecule has 1 unspecified atom stereocenters. The average Bonchev–Trinajstić information content (AvgIpc) is 3.24. The minimum absolute atomic E-state index is 0.0211. The van der Waals surface area contributed by atoms with Crippen LogP contribution in [0, 0.1) is 36.5 Å². The van der Waals surface area contributed by atoms with Crippen LogP contribution in [0.4, 0.5) is 11.5 Å². The van der Waals surface area contributed by atoms with E-state index in [1.807, 2.05) is 38.1 Å². The molecule has 0 aliphatic carbocycles. The van der Waals surface area contributed by atoms with E-state index in [9.17, 15) is 15.3 Å². The Morgan fingerprint density at radius 2 is 1.93 bits per heavy atom. The number of aryl methyl sites for hydroxylation is 2. The number of furan rings is 1. The Kier molecular flexibility index (Phi) is 6.10. The molecule has 0 fully saturated rings. The number of carbonyl (C=O) groups is 1. The fraction of sp³-hybridized carbons (Fsp3) is 0.182. The number of pyridine rings is 1. The Labute approximate surface area is 178 Å². The number of nitrogens with two attached hydrogens (primary N) is 1. The molecule has 2 heterocycles. The lowest BCUT2D eigenvalue weighted by molar-refractivity contribution is -0.115. The van der Waals surface area contributed by atoms with Crippen LogP contribution in [0.5, 0.6) is 0 Å². The van der Waals surface area contributed by atoms with Gasteiger partial charge in [0.15, 0.2) is 0 Å². The van der Waals surface area contributed by atoms with Crippen molar-refractivity contribution >= 4 is 29.2 Å². The lowest BCUT2D eigenvalue weighted by atomic mass is 10.0. The van der Waals surface area contributed by atoms with Crippen LogP contribution in [-0.4, -0.2) is 16.1 Å². The first-order chi connectivity index (χ1) is 14.3. The monoisotopic (exact) mass is 417 g/mol. The van der Waals surface area contributed by atoms with E-state index in [0.29, 0.717) is 11.4 Å². The average molecular weight is 417 g/mol. The van der Waals surface area contributed by atoms with Gasteiger partial charge in [-0.3, -0.25) is 4.79 Å². The topological polar surface area (TPSA) is 129 Å². The number of aromatic nitrogens is 1. The van der Waals surface area contributed by atoms with Gasteiger partial charge in [0.1, 0.15) is 34.3 Å². The quantitative estimate of drug-likeness (QED) is 0.588. The summed E-state index contributed by atoms with van der Waals surface area (Å²) in [7, 11) is 0. The molecular formula is C22H19N5O2S. The molecule has 3 N–H and O–H groups in total. The molecule has 3 rings (SSSR count). The Bertz CT molecular complexity index is 1190. The predicted octanol–water partition coefficient (Wildman–Crippen LogP) is 4.40. The van der Waals surface area contributed by atoms with E-state index in [1.165, 1.54) is 6.26 Å². The van der Waals surface area contributed by atoms with Crippen molar-refractivity contribution in [1.82, 2.24) is 4.98 Å². The highest BCUT2D eigenvalue weighted by atomic mass is 32.2. The van der Waals surface area contributed by atoms with E-state index in [-0.39, 0.29) is 33.4 Å². The van der Waals surface area contributed by atoms with Gasteiger partial charge in [-0.15, -0.1) is 0 Å². The number of hydrogen-bond acceptors (Lipinski definition) is 7. The Balaban J connectivity index is 1.92. The van der Waals surface area contributed by atoms with E-state index in [4.69, 9.17) is 10.2 Å². The van der Waals surface area contributed by atoms with Crippen LogP contribution in [0.1, 0.15) is 29.2 Å². The first-order valence-electron chi connectivity index (χ1n) is 9.08. The molecule has 1 aromatic carbocycles. The van der Waals surface area contributed by atoms with Gasteiger partial charge in [-0.25, -0.2) is 4.98 Å². The summed E-state index contributed by atoms with van der Waals surface area (Å²) in [5, 5.41) is 21.8. The molecule has 0 radical (unpaired) electrons. The Morgan fingerprint density at radius 3 is 2.53 bits per heavy atom. The highest BCUT2D eigenvalue weighted by molar-refractivity contribution is 8.00. The van der Waals surface area contributed by atoms with Crippen LogP contribution in [-0.2, 0) is 4.79 Å². The summed E-state index contributed by atoms with van der Waals surface area (Å²) in [4.78, 5) is 16.9. The summed E-state index contributed by atoms with van der Waals surface area (Å²) < 4.78 is 5.39. The SMILES string of the molecule is Cc1ccc(NC(=O)C(C)Sc2nc(N)c(C#N)c(-c3ccco3)c2C#N)cc1C. The molecule has 0 aliphatic rings. The molecule has 0 saturated heterocycles. The molecule has 2 aromatic heterocycles. The van der Waals surface area contributed by atoms with Crippen molar-refractivity contribution in [2.24, 2.45) is 0 Å². The third-order valence-corrected chi connectivity index (χ3v) is 5.70. The van der Waals surface area contributed by atoms with Crippen LogP contribution in [0.2, 0.25) is 0 Å². The maximum atomic E-state index is 12.7. The minimum Gasteiger partial charge on any atom is -0.464 e. The summed E-state index contributed by atoms with van der Waals surface area (Å²) in [6, 6.07) is 13.0. The van der Waals surface area contributed by atoms with Gasteiger partial charge in [0.25, 0.3) is 0 Å². The van der Waals surface area contributed by atoms with E-state index in [2.05, 4.69) is 16.4 Å². The highest BCUT2D eigenvalue weighted by Crippen LogP contribution is 2.37. The van der Waals surface area contributed by atoms with E-state index in [1.54, 1.807) is 19.1 Å². The van der Waals surface area contributed by atoms with Crippen molar-refractivity contribution < 1.29 is 9.21 Å². The maximum Gasteiger partial charge on any atom is 0.237 e. The number of nitrogens with zero attached hydrogens (tertiary/aromatic N) is 3. The van der Waals surface area contributed by atoms with Crippen molar-refractivity contribution in [3.63, 3.8) is 0 Å². The lowest BCUT2D eigenvalue weighted by Crippen LogP contribution is -2.23. The van der Waals surface area contributed by atoms with Crippen molar-refractivity contribution in [2.45, 2.75) is 31.0 Å². The van der Waals surface area contributed by atoms with Crippen LogP contribution in [0.25, 0.3) is 11.3 Å². The molecule has 1 atom stereocenters. The minimum atomic E-state index is -0.567. The van der Waals surface area contributed by atoms with E-state index >= 15 is 0 Å². The van der Waals surface area contributed by atoms with Crippen LogP contribution in [0.15, 0.2) is 46.0 Å². The summed E-state index contributed by atoms with van der Waals surface area (Å²) >= 11 is 1.10. The van der Waals surface area contributed by atoms with Gasteiger partial charge < -0.3 is 15.5 Å². The van der Waals surface area contributed by atoms with Gasteiger partial charge in [0.2, 0.25) is 5.91 Å². The summed E-state index contributed by atoms with van der Waals surface area (Å²) in [6.07, 6.45) is 1.45. The van der Waals surface area contributed by atoms with Crippen molar-refractivity contribution in [1.29, 1.82) is 10.5 Å². The fourth-order valence-electron chi connectivity index (χ4n) is 2.83. The molecule has 150 valence electrons. The number of hydrogen-bond donors (Lipinski definition) is 2. The molecule has 0 spiro atoms. The number of carbonyl (C=O) groups excluding carboxylic acids is 1. The van der Waals surface area contributed by atoms with Gasteiger partial charge >= 0.3 is 0 Å². The number of rotatable bonds is 5. The Morgan fingerprint density at radius 1 is 1.20 bits per heavy atom. The number of amides is 1. The zero-order chi connectivity index (χ0) is 21.8. The zero-order valence-electron chi connectivity index (χ0n) is 16.7. The standard InChI is InChI=1S/C22H19N5O2S/c1-12-6-7-15(9-13(12)2)26-21(28)14(3)30-22-17(11-24)19(18-5-4-8-29-18)16(10-23)20(25)27-22/h4-9,14H,1-3H3,(H2,25,27)(H,26,28). The molecule has 1 amide bonds. The molecule has 0 bridgehead atoms. The van der Waals surface area contributed by atoms with Crippen LogP contribution < -0.4 is 11.1 Å². The third-order valence-electron chi connectivity index (χ3n) is 4.62. The molecule has 0 saturated carbocycles. The van der Waals surface area contributed by atoms with Gasteiger partial charge in [-0.1, -0.05) is 17.8 Å². The molecule has 3 aromatic rings. The number of nitrogens with one attached hydrogen (secondary N) is 1. The maximum absolute atomic E-state index is 12.7. The van der Waals surface area contributed by atoms with E-state index in [0.717, 1.165) is 22.9 Å². The first kappa shape index (κ1) is 21.0. The van der Waals surface area contributed by atoms with Crippen molar-refractivity contribution in [2.75, 3.05) is 11.1 Å². The van der Waals surface area contributed by atoms with Gasteiger partial charge in [0, 0.05) is 5.69 Å². The summed E-state index contributed by atoms with van der Waals surface area (Å²) in [6.45, 7) is 5.69. The summed E-state index contributed by atoms with van der Waals surface area (Å²) in [5.41, 5.74) is 9.37. The smallest absolute Gasteiger partial charge is 0.237 e. The third kappa shape index (κ3) is 4.14.